The van der Waals surface area contributed by atoms with Crippen LogP contribution in [0.4, 0.5) is 0 Å². The summed E-state index contributed by atoms with van der Waals surface area (Å²) in [6.07, 6.45) is 4.40. The number of rotatable bonds is 7. The van der Waals surface area contributed by atoms with Gasteiger partial charge >= 0.3 is 0 Å². The van der Waals surface area contributed by atoms with Crippen LogP contribution < -0.4 is 5.32 Å². The predicted octanol–water partition coefficient (Wildman–Crippen LogP) is 4.35. The summed E-state index contributed by atoms with van der Waals surface area (Å²) in [6, 6.07) is 25.1. The molecule has 1 heterocycles. The second-order valence-electron chi connectivity index (χ2n) is 8.29. The average Bonchev–Trinajstić information content (AvgIpc) is 2.80. The highest BCUT2D eigenvalue weighted by atomic mass is 16.2. The van der Waals surface area contributed by atoms with Gasteiger partial charge < -0.3 is 5.32 Å². The summed E-state index contributed by atoms with van der Waals surface area (Å²) in [5, 5.41) is 5.60. The Morgan fingerprint density at radius 3 is 2.35 bits per heavy atom. The largest absolute Gasteiger partial charge is 0.348 e. The van der Waals surface area contributed by atoms with Crippen LogP contribution in [-0.4, -0.2) is 55.0 Å². The van der Waals surface area contributed by atoms with E-state index in [1.807, 2.05) is 18.2 Å². The van der Waals surface area contributed by atoms with Crippen molar-refractivity contribution in [3.63, 3.8) is 0 Å². The summed E-state index contributed by atoms with van der Waals surface area (Å²) < 4.78 is 0. The van der Waals surface area contributed by atoms with Crippen molar-refractivity contribution in [1.82, 2.24) is 15.1 Å². The van der Waals surface area contributed by atoms with Crippen molar-refractivity contribution in [1.29, 1.82) is 0 Å². The van der Waals surface area contributed by atoms with Gasteiger partial charge in [-0.15, -0.1) is 0 Å². The van der Waals surface area contributed by atoms with E-state index in [-0.39, 0.29) is 11.9 Å². The number of piperazine rings is 1. The molecule has 0 aliphatic carbocycles. The summed E-state index contributed by atoms with van der Waals surface area (Å²) in [6.45, 7) is 7.31. The quantitative estimate of drug-likeness (QED) is 0.626. The Bertz CT molecular complexity index is 1020. The lowest BCUT2D eigenvalue weighted by Crippen LogP contribution is -2.49. The highest BCUT2D eigenvalue weighted by Gasteiger charge is 2.19. The molecule has 1 aliphatic heterocycles. The number of carbonyl (C=O) groups excluding carboxylic acids is 1. The maximum atomic E-state index is 12.6. The molecule has 1 aliphatic rings. The van der Waals surface area contributed by atoms with Crippen molar-refractivity contribution in [2.24, 2.45) is 0 Å². The van der Waals surface area contributed by atoms with Gasteiger partial charge in [0.25, 0.3) is 0 Å². The van der Waals surface area contributed by atoms with Gasteiger partial charge in [-0.1, -0.05) is 78.9 Å². The summed E-state index contributed by atoms with van der Waals surface area (Å²) >= 11 is 0. The third-order valence-corrected chi connectivity index (χ3v) is 5.96. The van der Waals surface area contributed by atoms with Gasteiger partial charge in [0.05, 0.1) is 12.6 Å². The third-order valence-electron chi connectivity index (χ3n) is 5.96. The standard InChI is InChI=1S/C27H31N3O/c1-22(25-14-13-24-11-5-6-12-26(24)20-25)28-27(31)21-30-18-16-29(17-19-30)15-7-10-23-8-3-2-4-9-23/h2-14,20,22H,15-19,21H2,1H3,(H,28,31)/b10-7+/t22-/m0/s1. The van der Waals surface area contributed by atoms with Crippen molar-refractivity contribution in [2.75, 3.05) is 39.3 Å². The van der Waals surface area contributed by atoms with Crippen molar-refractivity contribution >= 4 is 22.8 Å². The zero-order valence-corrected chi connectivity index (χ0v) is 18.2. The van der Waals surface area contributed by atoms with Crippen LogP contribution in [0.3, 0.4) is 0 Å². The first kappa shape index (κ1) is 21.3. The predicted molar refractivity (Wildman–Crippen MR) is 129 cm³/mol. The Morgan fingerprint density at radius 2 is 1.58 bits per heavy atom. The molecule has 1 N–H and O–H groups in total. The summed E-state index contributed by atoms with van der Waals surface area (Å²) in [4.78, 5) is 17.3. The van der Waals surface area contributed by atoms with Crippen LogP contribution in [0.25, 0.3) is 16.8 Å². The van der Waals surface area contributed by atoms with Crippen molar-refractivity contribution in [3.8, 4) is 0 Å². The van der Waals surface area contributed by atoms with Crippen LogP contribution in [-0.2, 0) is 4.79 Å². The van der Waals surface area contributed by atoms with Gasteiger partial charge in [-0.2, -0.15) is 0 Å². The molecule has 160 valence electrons. The minimum absolute atomic E-state index is 0.00141. The number of nitrogens with zero attached hydrogens (tertiary/aromatic N) is 2. The molecule has 1 saturated heterocycles. The molecule has 3 aromatic rings. The maximum Gasteiger partial charge on any atom is 0.234 e. The van der Waals surface area contributed by atoms with Gasteiger partial charge in [0, 0.05) is 32.7 Å². The van der Waals surface area contributed by atoms with Crippen LogP contribution in [0, 0.1) is 0 Å². The van der Waals surface area contributed by atoms with E-state index in [0.29, 0.717) is 6.54 Å². The number of benzene rings is 3. The minimum Gasteiger partial charge on any atom is -0.348 e. The van der Waals surface area contributed by atoms with Gasteiger partial charge in [0.15, 0.2) is 0 Å². The van der Waals surface area contributed by atoms with Crippen LogP contribution in [0.1, 0.15) is 24.1 Å². The third kappa shape index (κ3) is 6.03. The number of amides is 1. The lowest BCUT2D eigenvalue weighted by molar-refractivity contribution is -0.123. The molecule has 4 rings (SSSR count). The lowest BCUT2D eigenvalue weighted by Gasteiger charge is -2.33. The van der Waals surface area contributed by atoms with Crippen molar-refractivity contribution < 1.29 is 4.79 Å². The maximum absolute atomic E-state index is 12.6. The van der Waals surface area contributed by atoms with Gasteiger partial charge in [-0.3, -0.25) is 14.6 Å². The normalized spacial score (nSPS) is 16.5. The van der Waals surface area contributed by atoms with Crippen LogP contribution in [0.15, 0.2) is 78.9 Å². The zero-order valence-electron chi connectivity index (χ0n) is 18.2. The Labute approximate surface area is 185 Å². The molecule has 0 unspecified atom stereocenters. The van der Waals surface area contributed by atoms with Gasteiger partial charge in [-0.25, -0.2) is 0 Å². The zero-order chi connectivity index (χ0) is 21.5. The van der Waals surface area contributed by atoms with Crippen LogP contribution in [0.2, 0.25) is 0 Å². The first-order valence-corrected chi connectivity index (χ1v) is 11.1. The molecule has 4 nitrogen and oxygen atoms in total. The van der Waals surface area contributed by atoms with E-state index >= 15 is 0 Å². The Morgan fingerprint density at radius 1 is 0.903 bits per heavy atom. The molecule has 3 aromatic carbocycles. The summed E-state index contributed by atoms with van der Waals surface area (Å²) in [5.41, 5.74) is 2.38. The van der Waals surface area contributed by atoms with E-state index in [2.05, 4.69) is 88.8 Å². The number of hydrogen-bond donors (Lipinski definition) is 1. The van der Waals surface area contributed by atoms with Crippen molar-refractivity contribution in [2.45, 2.75) is 13.0 Å². The fraction of sp³-hybridized carbons (Fsp3) is 0.296. The SMILES string of the molecule is C[C@H](NC(=O)CN1CCN(C/C=C/c2ccccc2)CC1)c1ccc2ccccc2c1. The van der Waals surface area contributed by atoms with Crippen LogP contribution in [0.5, 0.6) is 0 Å². The summed E-state index contributed by atoms with van der Waals surface area (Å²) in [7, 11) is 0. The number of hydrogen-bond acceptors (Lipinski definition) is 3. The molecule has 0 saturated carbocycles. The molecule has 4 heteroatoms. The van der Waals surface area contributed by atoms with E-state index in [9.17, 15) is 4.79 Å². The van der Waals surface area contributed by atoms with Gasteiger partial charge in [-0.05, 0) is 34.9 Å². The fourth-order valence-corrected chi connectivity index (χ4v) is 4.08. The average molecular weight is 414 g/mol. The second kappa shape index (κ2) is 10.4. The highest BCUT2D eigenvalue weighted by Crippen LogP contribution is 2.20. The first-order chi connectivity index (χ1) is 15.2. The molecule has 1 atom stereocenters. The fourth-order valence-electron chi connectivity index (χ4n) is 4.08. The molecule has 0 bridgehead atoms. The Hall–Kier alpha value is -2.95. The molecular formula is C27H31N3O. The van der Waals surface area contributed by atoms with Crippen molar-refractivity contribution in [3.05, 3.63) is 90.0 Å². The number of carbonyl (C=O) groups is 1. The number of fused-ring (bicyclic) bond motifs is 1. The summed E-state index contributed by atoms with van der Waals surface area (Å²) in [5.74, 6) is 0.0954. The van der Waals surface area contributed by atoms with E-state index in [1.54, 1.807) is 0 Å². The molecule has 1 fully saturated rings. The lowest BCUT2D eigenvalue weighted by atomic mass is 10.0. The molecule has 31 heavy (non-hydrogen) atoms. The first-order valence-electron chi connectivity index (χ1n) is 11.1. The second-order valence-corrected chi connectivity index (χ2v) is 8.29. The Balaban J connectivity index is 1.21. The smallest absolute Gasteiger partial charge is 0.234 e. The van der Waals surface area contributed by atoms with Crippen LogP contribution >= 0.6 is 0 Å². The van der Waals surface area contributed by atoms with E-state index in [4.69, 9.17) is 0 Å². The van der Waals surface area contributed by atoms with E-state index < -0.39 is 0 Å². The highest BCUT2D eigenvalue weighted by molar-refractivity contribution is 5.83. The van der Waals surface area contributed by atoms with E-state index in [0.717, 1.165) is 38.3 Å². The molecule has 1 amide bonds. The van der Waals surface area contributed by atoms with E-state index in [1.165, 1.54) is 16.3 Å². The monoisotopic (exact) mass is 413 g/mol. The topological polar surface area (TPSA) is 35.6 Å². The molecular weight excluding hydrogens is 382 g/mol. The minimum atomic E-state index is 0.00141. The molecule has 0 aromatic heterocycles. The van der Waals surface area contributed by atoms with Gasteiger partial charge in [0.2, 0.25) is 5.91 Å². The Kier molecular flexibility index (Phi) is 7.13. The number of nitrogens with one attached hydrogen (secondary N) is 1. The van der Waals surface area contributed by atoms with Gasteiger partial charge in [0.1, 0.15) is 0 Å². The molecule has 0 radical (unpaired) electrons. The molecule has 0 spiro atoms.